The molecule has 0 radical (unpaired) electrons. The molecule has 0 saturated heterocycles. The van der Waals surface area contributed by atoms with E-state index in [1.54, 1.807) is 35.6 Å². The number of alkyl halides is 3. The number of halogens is 4. The van der Waals surface area contributed by atoms with Gasteiger partial charge in [-0.15, -0.1) is 11.3 Å². The van der Waals surface area contributed by atoms with Crippen LogP contribution in [0.5, 0.6) is 11.5 Å². The zero-order chi connectivity index (χ0) is 41.9. The number of carbonyl (C=O) groups is 1. The first-order valence-electron chi connectivity index (χ1n) is 18.3. The fourth-order valence-electron chi connectivity index (χ4n) is 5.06. The molecule has 17 heteroatoms. The van der Waals surface area contributed by atoms with Gasteiger partial charge in [-0.05, 0) is 54.1 Å². The van der Waals surface area contributed by atoms with Crippen LogP contribution in [0.25, 0.3) is 20.8 Å². The Morgan fingerprint density at radius 3 is 2.22 bits per heavy atom. The van der Waals surface area contributed by atoms with Gasteiger partial charge in [-0.25, -0.2) is 13.9 Å². The van der Waals surface area contributed by atoms with Crippen LogP contribution >= 0.6 is 11.3 Å². The van der Waals surface area contributed by atoms with Crippen molar-refractivity contribution in [3.05, 3.63) is 102 Å². The molecule has 1 aliphatic carbocycles. The van der Waals surface area contributed by atoms with Gasteiger partial charge in [-0.1, -0.05) is 18.2 Å². The molecular formula is C41H48F4N4O8S. The summed E-state index contributed by atoms with van der Waals surface area (Å²) in [5.74, 6) is -2.06. The molecule has 2 N–H and O–H groups in total. The number of carbonyl (C=O) groups excluding carboxylic acids is 1. The summed E-state index contributed by atoms with van der Waals surface area (Å²) in [5, 5.41) is 23.4. The number of carboxylic acids is 1. The van der Waals surface area contributed by atoms with Crippen LogP contribution in [0, 0.1) is 5.82 Å². The second-order valence-electron chi connectivity index (χ2n) is 13.0. The van der Waals surface area contributed by atoms with E-state index in [2.05, 4.69) is 58.2 Å². The largest absolute Gasteiger partial charge is 0.542 e. The lowest BCUT2D eigenvalue weighted by Gasteiger charge is -2.20. The molecule has 5 rings (SSSR count). The van der Waals surface area contributed by atoms with Crippen LogP contribution in [-0.4, -0.2) is 115 Å². The van der Waals surface area contributed by atoms with Crippen molar-refractivity contribution in [3.8, 4) is 22.1 Å². The standard InChI is InChI=1S/C39H48FN4O6S.C2HF3O2/c1-43(2)31-11-13-36-38(23-31)51-39-24-32(12-14-37(39)42-36)44(3)16-18-47-20-22-48-21-19-46-17-15-41-26-33(45)28-50-35-6-4-5-34(25-35)49-27-29-7-9-30(40)10-8-29;3-2(4,5)1(6)7/h4-14,23-25,33,41,45H,15-22,26-28H2,1-3H3;(H,6,7)/q+1;/p-1. The molecule has 0 bridgehead atoms. The second kappa shape index (κ2) is 23.5. The van der Waals surface area contributed by atoms with Crippen LogP contribution in [0.4, 0.5) is 23.2 Å². The molecule has 2 aliphatic rings. The van der Waals surface area contributed by atoms with E-state index >= 15 is 0 Å². The predicted molar refractivity (Wildman–Crippen MR) is 212 cm³/mol. The maximum Gasteiger partial charge on any atom is 0.430 e. The summed E-state index contributed by atoms with van der Waals surface area (Å²) in [7, 11) is 6.17. The molecule has 1 unspecified atom stereocenters. The minimum atomic E-state index is -5.19. The lowest BCUT2D eigenvalue weighted by atomic mass is 10.2. The van der Waals surface area contributed by atoms with E-state index < -0.39 is 18.2 Å². The maximum atomic E-state index is 13.1. The highest BCUT2D eigenvalue weighted by Gasteiger charge is 2.28. The Labute approximate surface area is 338 Å². The number of nitrogens with zero attached hydrogens (tertiary/aromatic N) is 3. The summed E-state index contributed by atoms with van der Waals surface area (Å²) in [4.78, 5) is 17.0. The van der Waals surface area contributed by atoms with Crippen molar-refractivity contribution in [2.24, 2.45) is 0 Å². The van der Waals surface area contributed by atoms with E-state index in [1.807, 2.05) is 26.2 Å². The summed E-state index contributed by atoms with van der Waals surface area (Å²) in [5.41, 5.74) is 4.02. The number of aliphatic hydroxyl groups is 1. The summed E-state index contributed by atoms with van der Waals surface area (Å²) < 4.78 is 76.4. The first-order chi connectivity index (χ1) is 27.8. The van der Waals surface area contributed by atoms with Crippen LogP contribution in [0.2, 0.25) is 0 Å². The number of rotatable bonds is 21. The molecule has 314 valence electrons. The molecule has 0 spiro atoms. The Bertz CT molecular complexity index is 2050. The number of aliphatic hydroxyl groups excluding tert-OH is 1. The van der Waals surface area contributed by atoms with Crippen molar-refractivity contribution in [3.63, 3.8) is 0 Å². The van der Waals surface area contributed by atoms with Gasteiger partial charge in [0, 0.05) is 50.6 Å². The van der Waals surface area contributed by atoms with Gasteiger partial charge in [0.05, 0.1) is 60.4 Å². The van der Waals surface area contributed by atoms with E-state index in [0.29, 0.717) is 70.8 Å². The van der Waals surface area contributed by atoms with E-state index in [1.165, 1.54) is 22.4 Å². The van der Waals surface area contributed by atoms with Crippen molar-refractivity contribution < 1.29 is 56.3 Å². The number of nitrogens with one attached hydrogen (secondary N) is 1. The maximum absolute atomic E-state index is 13.1. The Hall–Kier alpha value is -4.91. The highest BCUT2D eigenvalue weighted by molar-refractivity contribution is 7.21. The van der Waals surface area contributed by atoms with Gasteiger partial charge in [0.1, 0.15) is 56.7 Å². The monoisotopic (exact) mass is 832 g/mol. The van der Waals surface area contributed by atoms with Gasteiger partial charge in [0.25, 0.3) is 0 Å². The van der Waals surface area contributed by atoms with Gasteiger partial charge in [-0.2, -0.15) is 13.2 Å². The third-order valence-electron chi connectivity index (χ3n) is 8.22. The van der Waals surface area contributed by atoms with Crippen molar-refractivity contribution in [1.29, 1.82) is 0 Å². The van der Waals surface area contributed by atoms with Gasteiger partial charge in [-0.3, -0.25) is 0 Å². The normalized spacial score (nSPS) is 11.9. The van der Waals surface area contributed by atoms with Crippen LogP contribution < -0.4 is 34.7 Å². The smallest absolute Gasteiger partial charge is 0.430 e. The quantitative estimate of drug-likeness (QED) is 0.0482. The third kappa shape index (κ3) is 16.2. The van der Waals surface area contributed by atoms with Crippen LogP contribution in [-0.2, 0) is 25.6 Å². The fraction of sp³-hybridized carbons (Fsp3) is 0.390. The summed E-state index contributed by atoms with van der Waals surface area (Å²) >= 11 is 1.76. The Kier molecular flexibility index (Phi) is 18.5. The van der Waals surface area contributed by atoms with Crippen molar-refractivity contribution in [1.82, 2.24) is 14.9 Å². The molecule has 1 heterocycles. The van der Waals surface area contributed by atoms with E-state index in [-0.39, 0.29) is 12.4 Å². The summed E-state index contributed by atoms with van der Waals surface area (Å²) in [6.07, 6.45) is -5.88. The first kappa shape index (κ1) is 45.8. The minimum absolute atomic E-state index is 0.138. The molecule has 3 aromatic rings. The average Bonchev–Trinajstić information content (AvgIpc) is 3.20. The molecule has 1 aliphatic heterocycles. The molecule has 0 fully saturated rings. The fourth-order valence-corrected chi connectivity index (χ4v) is 6.09. The van der Waals surface area contributed by atoms with Gasteiger partial charge < -0.3 is 48.9 Å². The number of anilines is 1. The van der Waals surface area contributed by atoms with Crippen molar-refractivity contribution in [2.75, 3.05) is 91.9 Å². The number of aromatic nitrogens is 1. The van der Waals surface area contributed by atoms with Gasteiger partial charge in [0.15, 0.2) is 0 Å². The molecule has 58 heavy (non-hydrogen) atoms. The number of carboxylic acid groups (broad SMARTS) is 1. The number of benzene rings is 4. The third-order valence-corrected chi connectivity index (χ3v) is 9.31. The predicted octanol–water partition coefficient (Wildman–Crippen LogP) is 3.97. The highest BCUT2D eigenvalue weighted by atomic mass is 32.1. The number of likely N-dealkylation sites (N-methyl/N-ethyl adjacent to an activating group) is 1. The van der Waals surface area contributed by atoms with E-state index in [0.717, 1.165) is 33.7 Å². The van der Waals surface area contributed by atoms with Crippen LogP contribution in [0.3, 0.4) is 0 Å². The van der Waals surface area contributed by atoms with E-state index in [4.69, 9.17) is 38.6 Å². The molecule has 0 aromatic heterocycles. The summed E-state index contributed by atoms with van der Waals surface area (Å²) in [6.45, 7) is 5.31. The molecule has 0 amide bonds. The Morgan fingerprint density at radius 1 is 0.897 bits per heavy atom. The first-order valence-corrected chi connectivity index (χ1v) is 19.2. The molecule has 3 aromatic carbocycles. The molecular weight excluding hydrogens is 785 g/mol. The second-order valence-corrected chi connectivity index (χ2v) is 14.1. The zero-order valence-corrected chi connectivity index (χ0v) is 33.3. The number of hydrogen-bond acceptors (Lipinski definition) is 12. The number of hydrogen-bond donors (Lipinski definition) is 2. The van der Waals surface area contributed by atoms with E-state index in [9.17, 15) is 22.7 Å². The molecule has 1 atom stereocenters. The SMILES string of the molecule is CN(CCOCCOCCOCCNCC(O)COc1cccc(OCc2ccc(F)cc2)c1)c1ccc2nc3ccc(=[N+](C)C)cc-3sc2c1.O=C([O-])C(F)(F)F. The lowest BCUT2D eigenvalue weighted by Crippen LogP contribution is -2.37. The summed E-state index contributed by atoms with van der Waals surface area (Å²) in [6, 6.07) is 26.2. The van der Waals surface area contributed by atoms with Crippen molar-refractivity contribution >= 4 is 33.2 Å². The van der Waals surface area contributed by atoms with Gasteiger partial charge >= 0.3 is 6.18 Å². The topological polar surface area (TPSA) is 138 Å². The highest BCUT2D eigenvalue weighted by Crippen LogP contribution is 2.31. The van der Waals surface area contributed by atoms with Crippen LogP contribution in [0.15, 0.2) is 84.9 Å². The Balaban J connectivity index is 0.000000973. The lowest BCUT2D eigenvalue weighted by molar-refractivity contribution is -0.344. The minimum Gasteiger partial charge on any atom is -0.542 e. The molecule has 0 saturated carbocycles. The number of ether oxygens (including phenoxy) is 5. The van der Waals surface area contributed by atoms with Gasteiger partial charge in [0.2, 0.25) is 5.36 Å². The Morgan fingerprint density at radius 2 is 1.55 bits per heavy atom. The van der Waals surface area contributed by atoms with Crippen molar-refractivity contribution in [2.45, 2.75) is 18.9 Å². The zero-order valence-electron chi connectivity index (χ0n) is 32.5. The van der Waals surface area contributed by atoms with Crippen LogP contribution in [0.1, 0.15) is 5.56 Å². The average molecular weight is 833 g/mol. The number of aliphatic carboxylic acids is 1. The molecule has 12 nitrogen and oxygen atoms in total. The number of fused-ring (bicyclic) bond motifs is 2.